The molecule has 1 aromatic carbocycles. The van der Waals surface area contributed by atoms with E-state index in [0.717, 1.165) is 47.6 Å². The smallest absolute Gasteiger partial charge is 0.323 e. The number of ether oxygens (including phenoxy) is 1. The standard InChI is InChI=1S/C29H41N5O3.2ClH/c1-18(2)26(29(36)37-19(3)4)31-15-21-9-10-24-25(13-21)34(16-22-8-7-11-30-14-22)27(32-24)23-12-20(5)28(35)33(6)17-23;;/h9-10,12-13,17-19,22,26,30-31H,7-8,11,14-16H2,1-6H3;2*1H/t22-,26?;;/m1../s1. The predicted molar refractivity (Wildman–Crippen MR) is 162 cm³/mol. The third kappa shape index (κ3) is 7.84. The molecule has 2 aromatic heterocycles. The number of carbonyl (C=O) groups excluding carboxylic acids is 1. The van der Waals surface area contributed by atoms with Crippen molar-refractivity contribution in [1.29, 1.82) is 0 Å². The molecule has 4 rings (SSSR count). The summed E-state index contributed by atoms with van der Waals surface area (Å²) in [7, 11) is 1.79. The Balaban J connectivity index is 0.00000267. The highest BCUT2D eigenvalue weighted by molar-refractivity contribution is 5.85. The molecule has 0 bridgehead atoms. The van der Waals surface area contributed by atoms with Gasteiger partial charge in [0, 0.05) is 37.5 Å². The highest BCUT2D eigenvalue weighted by Gasteiger charge is 2.24. The first-order chi connectivity index (χ1) is 17.6. The van der Waals surface area contributed by atoms with Crippen LogP contribution in [0.5, 0.6) is 0 Å². The third-order valence-corrected chi connectivity index (χ3v) is 7.07. The molecule has 216 valence electrons. The van der Waals surface area contributed by atoms with Crippen molar-refractivity contribution < 1.29 is 9.53 Å². The van der Waals surface area contributed by atoms with Crippen LogP contribution in [0.25, 0.3) is 22.4 Å². The number of aryl methyl sites for hydroxylation is 2. The predicted octanol–water partition coefficient (Wildman–Crippen LogP) is 4.62. The van der Waals surface area contributed by atoms with E-state index in [-0.39, 0.29) is 54.4 Å². The molecule has 3 heterocycles. The molecule has 1 aliphatic heterocycles. The molecule has 1 unspecified atom stereocenters. The van der Waals surface area contributed by atoms with Gasteiger partial charge >= 0.3 is 5.97 Å². The first kappa shape index (κ1) is 32.8. The van der Waals surface area contributed by atoms with Gasteiger partial charge in [-0.25, -0.2) is 4.98 Å². The molecule has 1 saturated heterocycles. The lowest BCUT2D eigenvalue weighted by Crippen LogP contribution is -2.42. The molecule has 1 aliphatic rings. The number of fused-ring (bicyclic) bond motifs is 1. The molecule has 39 heavy (non-hydrogen) atoms. The van der Waals surface area contributed by atoms with Crippen LogP contribution in [0.2, 0.25) is 0 Å². The van der Waals surface area contributed by atoms with Gasteiger partial charge in [-0.1, -0.05) is 19.9 Å². The van der Waals surface area contributed by atoms with Crippen molar-refractivity contribution in [2.75, 3.05) is 13.1 Å². The molecule has 2 N–H and O–H groups in total. The lowest BCUT2D eigenvalue weighted by molar-refractivity contribution is -0.151. The van der Waals surface area contributed by atoms with Gasteiger partial charge in [0.05, 0.1) is 17.1 Å². The van der Waals surface area contributed by atoms with Crippen molar-refractivity contribution in [2.24, 2.45) is 18.9 Å². The molecule has 0 saturated carbocycles. The number of piperidine rings is 1. The summed E-state index contributed by atoms with van der Waals surface area (Å²) in [6.07, 6.45) is 4.08. The van der Waals surface area contributed by atoms with Gasteiger partial charge in [0.1, 0.15) is 11.9 Å². The lowest BCUT2D eigenvalue weighted by Gasteiger charge is -2.24. The van der Waals surface area contributed by atoms with Gasteiger partial charge in [-0.3, -0.25) is 9.59 Å². The number of nitrogens with one attached hydrogen (secondary N) is 2. The van der Waals surface area contributed by atoms with Gasteiger partial charge in [0.25, 0.3) is 5.56 Å². The first-order valence-corrected chi connectivity index (χ1v) is 13.5. The van der Waals surface area contributed by atoms with Crippen molar-refractivity contribution in [3.05, 3.63) is 51.9 Å². The summed E-state index contributed by atoms with van der Waals surface area (Å²) in [5.74, 6) is 1.29. The van der Waals surface area contributed by atoms with Crippen LogP contribution in [0.1, 0.15) is 51.7 Å². The number of rotatable bonds is 9. The number of imidazole rings is 1. The molecular formula is C29H43Cl2N5O3. The summed E-state index contributed by atoms with van der Waals surface area (Å²) in [5, 5.41) is 6.94. The van der Waals surface area contributed by atoms with E-state index in [1.54, 1.807) is 11.6 Å². The number of nitrogens with zero attached hydrogens (tertiary/aromatic N) is 3. The van der Waals surface area contributed by atoms with E-state index in [9.17, 15) is 9.59 Å². The molecule has 0 spiro atoms. The minimum absolute atomic E-state index is 0. The second-order valence-corrected chi connectivity index (χ2v) is 11.0. The molecule has 1 fully saturated rings. The highest BCUT2D eigenvalue weighted by atomic mass is 35.5. The minimum Gasteiger partial charge on any atom is -0.462 e. The summed E-state index contributed by atoms with van der Waals surface area (Å²) >= 11 is 0. The fraction of sp³-hybridized carbons (Fsp3) is 0.552. The SMILES string of the molecule is Cc1cc(-c2nc3ccc(CNC(C(=O)OC(C)C)C(C)C)cc3n2C[C@@H]2CCCNC2)cn(C)c1=O.Cl.Cl. The van der Waals surface area contributed by atoms with Crippen LogP contribution in [-0.2, 0) is 29.7 Å². The number of carbonyl (C=O) groups is 1. The van der Waals surface area contributed by atoms with E-state index < -0.39 is 0 Å². The normalized spacial score (nSPS) is 16.2. The van der Waals surface area contributed by atoms with Crippen LogP contribution < -0.4 is 16.2 Å². The molecule has 0 aliphatic carbocycles. The van der Waals surface area contributed by atoms with Crippen LogP contribution >= 0.6 is 24.8 Å². The number of esters is 1. The van der Waals surface area contributed by atoms with Crippen LogP contribution in [0, 0.1) is 18.8 Å². The molecule has 0 amide bonds. The first-order valence-electron chi connectivity index (χ1n) is 13.5. The maximum atomic E-state index is 12.6. The fourth-order valence-electron chi connectivity index (χ4n) is 5.15. The summed E-state index contributed by atoms with van der Waals surface area (Å²) in [5.41, 5.74) is 4.73. The highest BCUT2D eigenvalue weighted by Crippen LogP contribution is 2.28. The Labute approximate surface area is 243 Å². The molecule has 0 radical (unpaired) electrons. The lowest BCUT2D eigenvalue weighted by atomic mass is 9.99. The number of hydrogen-bond acceptors (Lipinski definition) is 6. The second-order valence-electron chi connectivity index (χ2n) is 11.0. The van der Waals surface area contributed by atoms with Crippen molar-refractivity contribution in [2.45, 2.75) is 72.7 Å². The molecule has 3 aromatic rings. The van der Waals surface area contributed by atoms with Gasteiger partial charge < -0.3 is 24.5 Å². The molecular weight excluding hydrogens is 537 g/mol. The van der Waals surface area contributed by atoms with E-state index in [2.05, 4.69) is 33.4 Å². The second kappa shape index (κ2) is 14.3. The Bertz CT molecular complexity index is 1290. The van der Waals surface area contributed by atoms with Crippen LogP contribution in [0.4, 0.5) is 0 Å². The number of aromatic nitrogens is 3. The maximum absolute atomic E-state index is 12.6. The van der Waals surface area contributed by atoms with Gasteiger partial charge in [-0.15, -0.1) is 24.8 Å². The van der Waals surface area contributed by atoms with Gasteiger partial charge in [-0.2, -0.15) is 0 Å². The zero-order valence-electron chi connectivity index (χ0n) is 23.8. The number of benzene rings is 1. The minimum atomic E-state index is -0.375. The molecule has 8 nitrogen and oxygen atoms in total. The van der Waals surface area contributed by atoms with Crippen molar-refractivity contribution in [3.8, 4) is 11.4 Å². The van der Waals surface area contributed by atoms with Crippen molar-refractivity contribution >= 4 is 41.8 Å². The fourth-order valence-corrected chi connectivity index (χ4v) is 5.15. The molecule has 10 heteroatoms. The largest absolute Gasteiger partial charge is 0.462 e. The Morgan fingerprint density at radius 1 is 1.21 bits per heavy atom. The zero-order chi connectivity index (χ0) is 26.7. The Hall–Kier alpha value is -2.39. The maximum Gasteiger partial charge on any atom is 0.323 e. The van der Waals surface area contributed by atoms with Crippen LogP contribution in [0.3, 0.4) is 0 Å². The van der Waals surface area contributed by atoms with E-state index in [0.29, 0.717) is 18.0 Å². The average molecular weight is 581 g/mol. The van der Waals surface area contributed by atoms with Crippen LogP contribution in [0.15, 0.2) is 35.3 Å². The Morgan fingerprint density at radius 2 is 1.95 bits per heavy atom. The number of pyridine rings is 1. The number of hydrogen-bond donors (Lipinski definition) is 2. The van der Waals surface area contributed by atoms with Gasteiger partial charge in [0.15, 0.2) is 0 Å². The Kier molecular flexibility index (Phi) is 12.0. The summed E-state index contributed by atoms with van der Waals surface area (Å²) in [6, 6.07) is 7.86. The monoisotopic (exact) mass is 579 g/mol. The van der Waals surface area contributed by atoms with Gasteiger partial charge in [0.2, 0.25) is 0 Å². The number of halogens is 2. The van der Waals surface area contributed by atoms with E-state index in [1.165, 1.54) is 12.8 Å². The van der Waals surface area contributed by atoms with Crippen molar-refractivity contribution in [3.63, 3.8) is 0 Å². The Morgan fingerprint density at radius 3 is 2.56 bits per heavy atom. The van der Waals surface area contributed by atoms with Gasteiger partial charge in [-0.05, 0) is 82.3 Å². The third-order valence-electron chi connectivity index (χ3n) is 7.07. The van der Waals surface area contributed by atoms with Crippen LogP contribution in [-0.4, -0.2) is 45.3 Å². The van der Waals surface area contributed by atoms with E-state index in [4.69, 9.17) is 9.72 Å². The summed E-state index contributed by atoms with van der Waals surface area (Å²) in [6.45, 7) is 13.1. The average Bonchev–Trinajstić information content (AvgIpc) is 3.20. The van der Waals surface area contributed by atoms with E-state index in [1.807, 2.05) is 46.9 Å². The van der Waals surface area contributed by atoms with E-state index >= 15 is 0 Å². The van der Waals surface area contributed by atoms with Crippen molar-refractivity contribution in [1.82, 2.24) is 24.8 Å². The summed E-state index contributed by atoms with van der Waals surface area (Å²) in [4.78, 5) is 30.0. The zero-order valence-corrected chi connectivity index (χ0v) is 25.5. The quantitative estimate of drug-likeness (QED) is 0.359. The molecule has 2 atom stereocenters. The summed E-state index contributed by atoms with van der Waals surface area (Å²) < 4.78 is 9.41. The topological polar surface area (TPSA) is 90.2 Å².